The molecule has 0 saturated heterocycles. The summed E-state index contributed by atoms with van der Waals surface area (Å²) < 4.78 is 2.31. The number of hydrogen-bond donors (Lipinski definition) is 1. The van der Waals surface area contributed by atoms with Gasteiger partial charge in [-0.3, -0.25) is 0 Å². The normalized spacial score (nSPS) is 10.4. The van der Waals surface area contributed by atoms with Gasteiger partial charge in [-0.15, -0.1) is 0 Å². The van der Waals surface area contributed by atoms with Gasteiger partial charge in [-0.2, -0.15) is 17.0 Å². The first kappa shape index (κ1) is 14.1. The summed E-state index contributed by atoms with van der Waals surface area (Å²) in [7, 11) is 0. The third kappa shape index (κ3) is 5.78. The van der Waals surface area contributed by atoms with Crippen LogP contribution in [0, 0.1) is 11.3 Å². The molecule has 0 aliphatic carbocycles. The van der Waals surface area contributed by atoms with Crippen LogP contribution in [0.1, 0.15) is 38.4 Å². The van der Waals surface area contributed by atoms with E-state index in [1.807, 2.05) is 18.0 Å². The molecule has 1 aromatic rings. The van der Waals surface area contributed by atoms with Gasteiger partial charge in [0.25, 0.3) is 5.82 Å². The fourth-order valence-corrected chi connectivity index (χ4v) is 2.42. The van der Waals surface area contributed by atoms with E-state index in [1.165, 1.54) is 17.3 Å². The van der Waals surface area contributed by atoms with Gasteiger partial charge < -0.3 is 0 Å². The molecule has 0 spiro atoms. The van der Waals surface area contributed by atoms with Gasteiger partial charge in [0.05, 0.1) is 19.0 Å². The van der Waals surface area contributed by atoms with E-state index >= 15 is 0 Å². The van der Waals surface area contributed by atoms with Crippen molar-refractivity contribution in [1.82, 2.24) is 4.98 Å². The molecule has 0 bridgehead atoms. The Balaban J connectivity index is 2.23. The predicted molar refractivity (Wildman–Crippen MR) is 71.8 cm³/mol. The number of thioether (sulfide) groups is 1. The standard InChI is InChI=1S/C13H21N3S/c1-2-17-12-7-13-15-9-11-16(13)10-6-4-3-5-8-14/h9,11H,2-7,10,12H2,1H3/p+1. The minimum Gasteiger partial charge on any atom is -0.248 e. The largest absolute Gasteiger partial charge is 0.255 e. The van der Waals surface area contributed by atoms with E-state index in [2.05, 4.69) is 28.7 Å². The number of hydrogen-bond acceptors (Lipinski definition) is 2. The van der Waals surface area contributed by atoms with E-state index < -0.39 is 0 Å². The molecule has 1 heterocycles. The van der Waals surface area contributed by atoms with Crippen molar-refractivity contribution >= 4 is 11.8 Å². The summed E-state index contributed by atoms with van der Waals surface area (Å²) in [6.45, 7) is 3.27. The van der Waals surface area contributed by atoms with Gasteiger partial charge in [-0.25, -0.2) is 9.55 Å². The maximum atomic E-state index is 8.45. The van der Waals surface area contributed by atoms with Crippen LogP contribution in [0.25, 0.3) is 0 Å². The van der Waals surface area contributed by atoms with E-state index in [-0.39, 0.29) is 0 Å². The average Bonchev–Trinajstić information content (AvgIpc) is 2.77. The third-order valence-corrected chi connectivity index (χ3v) is 3.63. The molecule has 1 aromatic heterocycles. The fourth-order valence-electron chi connectivity index (χ4n) is 1.80. The lowest BCUT2D eigenvalue weighted by Crippen LogP contribution is -2.36. The first-order valence-corrected chi connectivity index (χ1v) is 7.54. The summed E-state index contributed by atoms with van der Waals surface area (Å²) in [4.78, 5) is 3.31. The van der Waals surface area contributed by atoms with Crippen LogP contribution in [0.4, 0.5) is 0 Å². The highest BCUT2D eigenvalue weighted by Gasteiger charge is 2.09. The van der Waals surface area contributed by atoms with Crippen molar-refractivity contribution in [3.05, 3.63) is 18.2 Å². The molecule has 0 atom stereocenters. The van der Waals surface area contributed by atoms with Crippen molar-refractivity contribution in [2.45, 2.75) is 45.6 Å². The highest BCUT2D eigenvalue weighted by molar-refractivity contribution is 7.99. The second-order valence-corrected chi connectivity index (χ2v) is 5.41. The summed E-state index contributed by atoms with van der Waals surface area (Å²) in [5.74, 6) is 3.70. The highest BCUT2D eigenvalue weighted by Crippen LogP contribution is 2.03. The lowest BCUT2D eigenvalue weighted by atomic mass is 10.2. The van der Waals surface area contributed by atoms with Crippen LogP contribution >= 0.6 is 11.8 Å². The Bertz CT molecular complexity index is 341. The van der Waals surface area contributed by atoms with E-state index in [4.69, 9.17) is 5.26 Å². The molecule has 0 amide bonds. The Morgan fingerprint density at radius 2 is 2.29 bits per heavy atom. The number of aryl methyl sites for hydroxylation is 2. The van der Waals surface area contributed by atoms with Crippen LogP contribution in [-0.2, 0) is 13.0 Å². The predicted octanol–water partition coefficient (Wildman–Crippen LogP) is 2.68. The summed E-state index contributed by atoms with van der Waals surface area (Å²) in [6, 6.07) is 2.19. The first-order valence-electron chi connectivity index (χ1n) is 6.39. The average molecular weight is 252 g/mol. The number of unbranched alkanes of at least 4 members (excludes halogenated alkanes) is 3. The van der Waals surface area contributed by atoms with Crippen LogP contribution < -0.4 is 4.57 Å². The second-order valence-electron chi connectivity index (χ2n) is 4.02. The number of nitrogens with one attached hydrogen (secondary N) is 1. The van der Waals surface area contributed by atoms with Gasteiger partial charge in [0.2, 0.25) is 0 Å². The van der Waals surface area contributed by atoms with E-state index in [1.54, 1.807) is 0 Å². The number of imidazole rings is 1. The number of rotatable bonds is 9. The van der Waals surface area contributed by atoms with Crippen LogP contribution in [0.5, 0.6) is 0 Å². The monoisotopic (exact) mass is 252 g/mol. The lowest BCUT2D eigenvalue weighted by Gasteiger charge is -2.00. The van der Waals surface area contributed by atoms with Crippen molar-refractivity contribution in [1.29, 1.82) is 5.26 Å². The summed E-state index contributed by atoms with van der Waals surface area (Å²) >= 11 is 1.98. The van der Waals surface area contributed by atoms with Crippen molar-refractivity contribution in [3.8, 4) is 6.07 Å². The minimum absolute atomic E-state index is 0.692. The lowest BCUT2D eigenvalue weighted by molar-refractivity contribution is -0.703. The molecule has 0 aliphatic rings. The minimum atomic E-state index is 0.692. The maximum absolute atomic E-state index is 8.45. The molecule has 94 valence electrons. The zero-order chi connectivity index (χ0) is 12.3. The Kier molecular flexibility index (Phi) is 7.57. The molecular formula is C13H22N3S+. The number of aromatic nitrogens is 2. The number of aromatic amines is 1. The molecule has 1 N–H and O–H groups in total. The Hall–Kier alpha value is -0.950. The van der Waals surface area contributed by atoms with Crippen molar-refractivity contribution < 1.29 is 4.57 Å². The Morgan fingerprint density at radius 3 is 3.06 bits per heavy atom. The molecule has 0 aliphatic heterocycles. The number of nitriles is 1. The highest BCUT2D eigenvalue weighted by atomic mass is 32.2. The third-order valence-electron chi connectivity index (χ3n) is 2.73. The quantitative estimate of drug-likeness (QED) is 0.542. The summed E-state index contributed by atoms with van der Waals surface area (Å²) in [5.41, 5.74) is 0. The van der Waals surface area contributed by atoms with Crippen LogP contribution in [0.3, 0.4) is 0 Å². The summed E-state index contributed by atoms with van der Waals surface area (Å²) in [6.07, 6.45) is 9.29. The van der Waals surface area contributed by atoms with Crippen LogP contribution in [0.2, 0.25) is 0 Å². The molecule has 0 unspecified atom stereocenters. The zero-order valence-electron chi connectivity index (χ0n) is 10.6. The Labute approximate surface area is 108 Å². The van der Waals surface area contributed by atoms with Crippen LogP contribution in [0.15, 0.2) is 12.4 Å². The molecule has 0 radical (unpaired) electrons. The summed E-state index contributed by atoms with van der Waals surface area (Å²) in [5, 5.41) is 8.45. The molecule has 17 heavy (non-hydrogen) atoms. The molecule has 0 saturated carbocycles. The Morgan fingerprint density at radius 1 is 1.41 bits per heavy atom. The molecule has 1 rings (SSSR count). The van der Waals surface area contributed by atoms with E-state index in [0.717, 1.165) is 32.2 Å². The number of nitrogens with zero attached hydrogens (tertiary/aromatic N) is 2. The van der Waals surface area contributed by atoms with Gasteiger partial charge in [-0.1, -0.05) is 6.92 Å². The molecular weight excluding hydrogens is 230 g/mol. The maximum Gasteiger partial charge on any atom is 0.255 e. The van der Waals surface area contributed by atoms with Crippen molar-refractivity contribution in [2.24, 2.45) is 0 Å². The fraction of sp³-hybridized carbons (Fsp3) is 0.692. The zero-order valence-corrected chi connectivity index (χ0v) is 11.4. The second kappa shape index (κ2) is 9.12. The van der Waals surface area contributed by atoms with Gasteiger partial charge in [0.15, 0.2) is 0 Å². The smallest absolute Gasteiger partial charge is 0.248 e. The van der Waals surface area contributed by atoms with Crippen molar-refractivity contribution in [2.75, 3.05) is 11.5 Å². The van der Waals surface area contributed by atoms with Crippen LogP contribution in [-0.4, -0.2) is 16.5 Å². The molecule has 0 aromatic carbocycles. The van der Waals surface area contributed by atoms with E-state index in [9.17, 15) is 0 Å². The van der Waals surface area contributed by atoms with Gasteiger partial charge >= 0.3 is 0 Å². The van der Waals surface area contributed by atoms with Gasteiger partial charge in [-0.05, 0) is 25.0 Å². The molecule has 4 heteroatoms. The van der Waals surface area contributed by atoms with Gasteiger partial charge in [0.1, 0.15) is 12.4 Å². The molecule has 0 fully saturated rings. The molecule has 3 nitrogen and oxygen atoms in total. The van der Waals surface area contributed by atoms with Gasteiger partial charge in [0, 0.05) is 12.2 Å². The number of H-pyrrole nitrogens is 1. The first-order chi connectivity index (χ1) is 8.38. The topological polar surface area (TPSA) is 43.5 Å². The van der Waals surface area contributed by atoms with E-state index in [0.29, 0.717) is 6.42 Å². The SMILES string of the molecule is CCSCCc1[nH]cc[n+]1CCCCCC#N. The van der Waals surface area contributed by atoms with Crippen molar-refractivity contribution in [3.63, 3.8) is 0 Å².